The molecule has 2 heterocycles. The highest BCUT2D eigenvalue weighted by Crippen LogP contribution is 2.32. The Morgan fingerprint density at radius 2 is 1.94 bits per heavy atom. The van der Waals surface area contributed by atoms with Crippen molar-refractivity contribution in [1.29, 1.82) is 0 Å². The average molecular weight is 454 g/mol. The van der Waals surface area contributed by atoms with Gasteiger partial charge < -0.3 is 19.5 Å². The summed E-state index contributed by atoms with van der Waals surface area (Å²) in [6.45, 7) is 0.522. The van der Waals surface area contributed by atoms with Gasteiger partial charge in [-0.15, -0.1) is 15.3 Å². The standard InChI is InChI=1S/C22H20ClN5O4/c1-30-16-6-7-18(31-2)17(13-16)21-26-25-19-8-9-20(27-28(19)21)32-11-10-24-22(29)14-4-3-5-15(23)12-14/h3-9,12-13H,10-11H2,1-2H3,(H,24,29). The van der Waals surface area contributed by atoms with Gasteiger partial charge in [0.05, 0.1) is 26.3 Å². The van der Waals surface area contributed by atoms with Crippen molar-refractivity contribution in [1.82, 2.24) is 25.1 Å². The monoisotopic (exact) mass is 453 g/mol. The lowest BCUT2D eigenvalue weighted by Crippen LogP contribution is -2.28. The Labute approximate surface area is 188 Å². The SMILES string of the molecule is COc1ccc(OC)c(-c2nnc3ccc(OCCNC(=O)c4cccc(Cl)c4)nn23)c1. The fourth-order valence-electron chi connectivity index (χ4n) is 3.06. The number of methoxy groups -OCH3 is 2. The molecule has 4 rings (SSSR count). The Kier molecular flexibility index (Phi) is 6.37. The molecule has 0 aliphatic heterocycles. The molecule has 32 heavy (non-hydrogen) atoms. The molecule has 1 N–H and O–H groups in total. The fraction of sp³-hybridized carbons (Fsp3) is 0.182. The molecule has 0 atom stereocenters. The summed E-state index contributed by atoms with van der Waals surface area (Å²) in [5.41, 5.74) is 1.71. The predicted molar refractivity (Wildman–Crippen MR) is 119 cm³/mol. The maximum atomic E-state index is 12.2. The molecular formula is C22H20ClN5O4. The number of hydrogen-bond acceptors (Lipinski definition) is 7. The van der Waals surface area contributed by atoms with Gasteiger partial charge in [0.25, 0.3) is 5.91 Å². The Morgan fingerprint density at radius 3 is 2.72 bits per heavy atom. The number of benzene rings is 2. The first-order chi connectivity index (χ1) is 15.6. The first kappa shape index (κ1) is 21.4. The van der Waals surface area contributed by atoms with Gasteiger partial charge in [-0.1, -0.05) is 17.7 Å². The van der Waals surface area contributed by atoms with E-state index in [0.29, 0.717) is 51.5 Å². The molecule has 0 radical (unpaired) electrons. The summed E-state index contributed by atoms with van der Waals surface area (Å²) in [5, 5.41) is 16.2. The summed E-state index contributed by atoms with van der Waals surface area (Å²) in [5.74, 6) is 1.87. The lowest BCUT2D eigenvalue weighted by Gasteiger charge is -2.10. The van der Waals surface area contributed by atoms with Gasteiger partial charge in [-0.2, -0.15) is 4.52 Å². The topological polar surface area (TPSA) is 99.9 Å². The maximum absolute atomic E-state index is 12.2. The number of halogens is 1. The molecule has 10 heteroatoms. The highest BCUT2D eigenvalue weighted by molar-refractivity contribution is 6.30. The molecular weight excluding hydrogens is 434 g/mol. The highest BCUT2D eigenvalue weighted by atomic mass is 35.5. The smallest absolute Gasteiger partial charge is 0.251 e. The average Bonchev–Trinajstić information content (AvgIpc) is 3.24. The molecule has 2 aromatic heterocycles. The predicted octanol–water partition coefficient (Wildman–Crippen LogP) is 3.27. The zero-order chi connectivity index (χ0) is 22.5. The Morgan fingerprint density at radius 1 is 1.06 bits per heavy atom. The van der Waals surface area contributed by atoms with Gasteiger partial charge in [-0.3, -0.25) is 4.79 Å². The zero-order valence-corrected chi connectivity index (χ0v) is 18.2. The van der Waals surface area contributed by atoms with Gasteiger partial charge in [0.2, 0.25) is 5.88 Å². The van der Waals surface area contributed by atoms with Crippen molar-refractivity contribution < 1.29 is 19.0 Å². The van der Waals surface area contributed by atoms with Gasteiger partial charge in [0.1, 0.15) is 18.1 Å². The highest BCUT2D eigenvalue weighted by Gasteiger charge is 2.16. The van der Waals surface area contributed by atoms with Crippen LogP contribution in [0, 0.1) is 0 Å². The minimum atomic E-state index is -0.231. The number of ether oxygens (including phenoxy) is 3. The maximum Gasteiger partial charge on any atom is 0.251 e. The molecule has 0 bridgehead atoms. The number of nitrogens with one attached hydrogen (secondary N) is 1. The number of carbonyl (C=O) groups is 1. The number of aromatic nitrogens is 4. The van der Waals surface area contributed by atoms with E-state index in [1.807, 2.05) is 0 Å². The van der Waals surface area contributed by atoms with Crippen LogP contribution in [-0.4, -0.2) is 53.1 Å². The molecule has 164 valence electrons. The molecule has 9 nitrogen and oxygen atoms in total. The fourth-order valence-corrected chi connectivity index (χ4v) is 3.25. The van der Waals surface area contributed by atoms with E-state index in [1.54, 1.807) is 73.3 Å². The van der Waals surface area contributed by atoms with Gasteiger partial charge in [0, 0.05) is 16.7 Å². The van der Waals surface area contributed by atoms with Crippen molar-refractivity contribution in [3.8, 4) is 28.8 Å². The minimum Gasteiger partial charge on any atom is -0.497 e. The molecule has 0 saturated heterocycles. The van der Waals surface area contributed by atoms with Crippen molar-refractivity contribution >= 4 is 23.2 Å². The van der Waals surface area contributed by atoms with Crippen LogP contribution in [0.15, 0.2) is 54.6 Å². The zero-order valence-electron chi connectivity index (χ0n) is 17.4. The van der Waals surface area contributed by atoms with Crippen LogP contribution in [0.1, 0.15) is 10.4 Å². The molecule has 2 aromatic carbocycles. The van der Waals surface area contributed by atoms with Crippen molar-refractivity contribution in [2.75, 3.05) is 27.4 Å². The van der Waals surface area contributed by atoms with E-state index in [0.717, 1.165) is 0 Å². The van der Waals surface area contributed by atoms with E-state index in [-0.39, 0.29) is 12.5 Å². The normalized spacial score (nSPS) is 10.7. The van der Waals surface area contributed by atoms with E-state index in [1.165, 1.54) is 0 Å². The molecule has 0 spiro atoms. The molecule has 0 aliphatic carbocycles. The third-order valence-electron chi connectivity index (χ3n) is 4.61. The van der Waals surface area contributed by atoms with Gasteiger partial charge in [-0.25, -0.2) is 0 Å². The summed E-state index contributed by atoms with van der Waals surface area (Å²) in [6, 6.07) is 15.6. The van der Waals surface area contributed by atoms with Crippen molar-refractivity contribution in [3.63, 3.8) is 0 Å². The summed E-state index contributed by atoms with van der Waals surface area (Å²) < 4.78 is 18.0. The van der Waals surface area contributed by atoms with Crippen LogP contribution in [0.4, 0.5) is 0 Å². The number of rotatable bonds is 8. The number of carbonyl (C=O) groups excluding carboxylic acids is 1. The number of fused-ring (bicyclic) bond motifs is 1. The second kappa shape index (κ2) is 9.52. The van der Waals surface area contributed by atoms with Crippen LogP contribution in [-0.2, 0) is 0 Å². The quantitative estimate of drug-likeness (QED) is 0.409. The van der Waals surface area contributed by atoms with E-state index in [2.05, 4.69) is 20.6 Å². The van der Waals surface area contributed by atoms with Crippen LogP contribution >= 0.6 is 11.6 Å². The summed E-state index contributed by atoms with van der Waals surface area (Å²) in [6.07, 6.45) is 0. The second-order valence-electron chi connectivity index (χ2n) is 6.65. The van der Waals surface area contributed by atoms with Gasteiger partial charge in [0.15, 0.2) is 11.5 Å². The number of amides is 1. The van der Waals surface area contributed by atoms with Crippen molar-refractivity contribution in [2.45, 2.75) is 0 Å². The minimum absolute atomic E-state index is 0.227. The van der Waals surface area contributed by atoms with Crippen LogP contribution in [0.5, 0.6) is 17.4 Å². The van der Waals surface area contributed by atoms with Crippen molar-refractivity contribution in [3.05, 3.63) is 65.2 Å². The van der Waals surface area contributed by atoms with E-state index >= 15 is 0 Å². The van der Waals surface area contributed by atoms with Crippen LogP contribution < -0.4 is 19.5 Å². The lowest BCUT2D eigenvalue weighted by molar-refractivity contribution is 0.0946. The van der Waals surface area contributed by atoms with E-state index in [4.69, 9.17) is 25.8 Å². The van der Waals surface area contributed by atoms with Crippen molar-refractivity contribution in [2.24, 2.45) is 0 Å². The number of hydrogen-bond donors (Lipinski definition) is 1. The third-order valence-corrected chi connectivity index (χ3v) is 4.85. The van der Waals surface area contributed by atoms with Gasteiger partial charge >= 0.3 is 0 Å². The number of nitrogens with zero attached hydrogens (tertiary/aromatic N) is 4. The molecule has 1 amide bonds. The van der Waals surface area contributed by atoms with Crippen LogP contribution in [0.3, 0.4) is 0 Å². The van der Waals surface area contributed by atoms with Gasteiger partial charge in [-0.05, 0) is 42.5 Å². The van der Waals surface area contributed by atoms with Crippen LogP contribution in [0.25, 0.3) is 17.0 Å². The van der Waals surface area contributed by atoms with Crippen LogP contribution in [0.2, 0.25) is 5.02 Å². The molecule has 0 saturated carbocycles. The summed E-state index contributed by atoms with van der Waals surface area (Å²) >= 11 is 5.92. The lowest BCUT2D eigenvalue weighted by atomic mass is 10.2. The largest absolute Gasteiger partial charge is 0.497 e. The third kappa shape index (κ3) is 4.57. The Bertz CT molecular complexity index is 1260. The molecule has 0 aliphatic rings. The molecule has 0 fully saturated rings. The summed E-state index contributed by atoms with van der Waals surface area (Å²) in [4.78, 5) is 12.2. The second-order valence-corrected chi connectivity index (χ2v) is 7.08. The van der Waals surface area contributed by atoms with E-state index < -0.39 is 0 Å². The first-order valence-corrected chi connectivity index (χ1v) is 10.1. The Hall–Kier alpha value is -3.85. The summed E-state index contributed by atoms with van der Waals surface area (Å²) in [7, 11) is 3.16. The molecule has 0 unspecified atom stereocenters. The van der Waals surface area contributed by atoms with E-state index in [9.17, 15) is 4.79 Å². The first-order valence-electron chi connectivity index (χ1n) is 9.70. The molecule has 4 aromatic rings. The Balaban J connectivity index is 1.47.